The van der Waals surface area contributed by atoms with Crippen molar-refractivity contribution in [2.24, 2.45) is 0 Å². The Morgan fingerprint density at radius 1 is 1.42 bits per heavy atom. The van der Waals surface area contributed by atoms with Gasteiger partial charge in [-0.3, -0.25) is 0 Å². The van der Waals surface area contributed by atoms with Gasteiger partial charge in [-0.2, -0.15) is 11.8 Å². The highest BCUT2D eigenvalue weighted by molar-refractivity contribution is 7.98. The SMILES string of the molecule is CCC(CSC)NC1CC(C)(C)Oc2ccccc21. The van der Waals surface area contributed by atoms with E-state index in [-0.39, 0.29) is 5.60 Å². The lowest BCUT2D eigenvalue weighted by atomic mass is 9.89. The van der Waals surface area contributed by atoms with Crippen molar-refractivity contribution in [1.82, 2.24) is 5.32 Å². The summed E-state index contributed by atoms with van der Waals surface area (Å²) in [6.45, 7) is 6.60. The molecule has 1 N–H and O–H groups in total. The van der Waals surface area contributed by atoms with Crippen LogP contribution in [0.4, 0.5) is 0 Å². The minimum atomic E-state index is -0.0936. The Morgan fingerprint density at radius 3 is 2.84 bits per heavy atom. The summed E-state index contributed by atoms with van der Waals surface area (Å²) < 4.78 is 6.08. The zero-order chi connectivity index (χ0) is 13.9. The molecule has 0 saturated carbocycles. The van der Waals surface area contributed by atoms with Crippen LogP contribution in [0.15, 0.2) is 24.3 Å². The number of hydrogen-bond donors (Lipinski definition) is 1. The van der Waals surface area contributed by atoms with Crippen LogP contribution in [0.2, 0.25) is 0 Å². The lowest BCUT2D eigenvalue weighted by molar-refractivity contribution is 0.0641. The molecule has 1 aromatic carbocycles. The fraction of sp³-hybridized carbons (Fsp3) is 0.625. The summed E-state index contributed by atoms with van der Waals surface area (Å²) >= 11 is 1.91. The summed E-state index contributed by atoms with van der Waals surface area (Å²) in [7, 11) is 0. The third kappa shape index (κ3) is 3.67. The van der Waals surface area contributed by atoms with E-state index >= 15 is 0 Å². The maximum absolute atomic E-state index is 6.08. The van der Waals surface area contributed by atoms with Crippen molar-refractivity contribution in [3.8, 4) is 5.75 Å². The van der Waals surface area contributed by atoms with Gasteiger partial charge in [0.2, 0.25) is 0 Å². The molecule has 0 aliphatic carbocycles. The molecule has 0 saturated heterocycles. The number of rotatable bonds is 5. The topological polar surface area (TPSA) is 21.3 Å². The molecular weight excluding hydrogens is 254 g/mol. The highest BCUT2D eigenvalue weighted by atomic mass is 32.2. The van der Waals surface area contributed by atoms with E-state index in [1.54, 1.807) is 0 Å². The Bertz CT molecular complexity index is 419. The molecule has 0 radical (unpaired) electrons. The van der Waals surface area contributed by atoms with Gasteiger partial charge in [-0.1, -0.05) is 25.1 Å². The molecule has 1 aliphatic heterocycles. The van der Waals surface area contributed by atoms with Crippen LogP contribution in [-0.4, -0.2) is 23.7 Å². The third-order valence-electron chi connectivity index (χ3n) is 3.67. The van der Waals surface area contributed by atoms with E-state index in [0.29, 0.717) is 12.1 Å². The van der Waals surface area contributed by atoms with Crippen LogP contribution in [0.5, 0.6) is 5.75 Å². The van der Waals surface area contributed by atoms with Crippen molar-refractivity contribution in [1.29, 1.82) is 0 Å². The van der Waals surface area contributed by atoms with Gasteiger partial charge in [-0.15, -0.1) is 0 Å². The Morgan fingerprint density at radius 2 is 2.16 bits per heavy atom. The minimum absolute atomic E-state index is 0.0936. The second-order valence-electron chi connectivity index (χ2n) is 5.88. The molecule has 2 nitrogen and oxygen atoms in total. The molecule has 1 aliphatic rings. The second kappa shape index (κ2) is 6.19. The molecule has 0 spiro atoms. The molecule has 0 amide bonds. The average molecular weight is 279 g/mol. The molecule has 1 heterocycles. The summed E-state index contributed by atoms with van der Waals surface area (Å²) in [6.07, 6.45) is 4.36. The Kier molecular flexibility index (Phi) is 4.80. The van der Waals surface area contributed by atoms with Gasteiger partial charge in [0.25, 0.3) is 0 Å². The number of benzene rings is 1. The standard InChI is InChI=1S/C16H25NOS/c1-5-12(11-19-4)17-14-10-16(2,3)18-15-9-7-6-8-13(14)15/h6-9,12,14,17H,5,10-11H2,1-4H3. The molecule has 19 heavy (non-hydrogen) atoms. The molecule has 0 bridgehead atoms. The van der Waals surface area contributed by atoms with Gasteiger partial charge in [0.05, 0.1) is 0 Å². The van der Waals surface area contributed by atoms with Crippen molar-refractivity contribution in [3.63, 3.8) is 0 Å². The van der Waals surface area contributed by atoms with E-state index in [0.717, 1.165) is 17.9 Å². The van der Waals surface area contributed by atoms with Gasteiger partial charge in [0.15, 0.2) is 0 Å². The predicted octanol–water partition coefficient (Wildman–Crippen LogP) is 4.02. The van der Waals surface area contributed by atoms with E-state index in [2.05, 4.69) is 56.6 Å². The zero-order valence-corrected chi connectivity index (χ0v) is 13.2. The molecule has 0 aromatic heterocycles. The maximum atomic E-state index is 6.08. The van der Waals surface area contributed by atoms with Gasteiger partial charge in [-0.25, -0.2) is 0 Å². The van der Waals surface area contributed by atoms with Crippen LogP contribution in [0.3, 0.4) is 0 Å². The van der Waals surface area contributed by atoms with Crippen molar-refractivity contribution in [3.05, 3.63) is 29.8 Å². The monoisotopic (exact) mass is 279 g/mol. The quantitative estimate of drug-likeness (QED) is 0.879. The Hall–Kier alpha value is -0.670. The summed E-state index contributed by atoms with van der Waals surface area (Å²) in [5.74, 6) is 2.20. The average Bonchev–Trinajstić information content (AvgIpc) is 2.36. The number of para-hydroxylation sites is 1. The van der Waals surface area contributed by atoms with Crippen LogP contribution in [0.25, 0.3) is 0 Å². The number of hydrogen-bond acceptors (Lipinski definition) is 3. The van der Waals surface area contributed by atoms with Gasteiger partial charge in [-0.05, 0) is 32.6 Å². The molecule has 106 valence electrons. The lowest BCUT2D eigenvalue weighted by Crippen LogP contribution is -2.43. The van der Waals surface area contributed by atoms with Gasteiger partial charge >= 0.3 is 0 Å². The summed E-state index contributed by atoms with van der Waals surface area (Å²) in [5.41, 5.74) is 1.21. The molecule has 2 unspecified atom stereocenters. The van der Waals surface area contributed by atoms with Gasteiger partial charge < -0.3 is 10.1 Å². The first-order chi connectivity index (χ1) is 9.05. The van der Waals surface area contributed by atoms with Crippen LogP contribution in [0.1, 0.15) is 45.2 Å². The first kappa shape index (κ1) is 14.7. The summed E-state index contributed by atoms with van der Waals surface area (Å²) in [4.78, 5) is 0. The summed E-state index contributed by atoms with van der Waals surface area (Å²) in [6, 6.07) is 9.40. The van der Waals surface area contributed by atoms with Crippen LogP contribution >= 0.6 is 11.8 Å². The van der Waals surface area contributed by atoms with Crippen molar-refractivity contribution in [2.45, 2.75) is 51.3 Å². The summed E-state index contributed by atoms with van der Waals surface area (Å²) in [5, 5.41) is 3.82. The molecule has 1 aromatic rings. The molecule has 2 atom stereocenters. The zero-order valence-electron chi connectivity index (χ0n) is 12.4. The largest absolute Gasteiger partial charge is 0.487 e. The van der Waals surface area contributed by atoms with E-state index in [1.165, 1.54) is 12.0 Å². The van der Waals surface area contributed by atoms with Crippen LogP contribution in [0, 0.1) is 0 Å². The number of ether oxygens (including phenoxy) is 1. The molecule has 3 heteroatoms. The first-order valence-corrected chi connectivity index (χ1v) is 8.48. The van der Waals surface area contributed by atoms with Gasteiger partial charge in [0, 0.05) is 29.8 Å². The van der Waals surface area contributed by atoms with Crippen LogP contribution < -0.4 is 10.1 Å². The highest BCUT2D eigenvalue weighted by Crippen LogP contribution is 2.39. The number of fused-ring (bicyclic) bond motifs is 1. The van der Waals surface area contributed by atoms with Crippen molar-refractivity contribution < 1.29 is 4.74 Å². The molecule has 2 rings (SSSR count). The first-order valence-electron chi connectivity index (χ1n) is 7.08. The minimum Gasteiger partial charge on any atom is -0.487 e. The molecule has 0 fully saturated rings. The predicted molar refractivity (Wildman–Crippen MR) is 84.1 cm³/mol. The van der Waals surface area contributed by atoms with Crippen LogP contribution in [-0.2, 0) is 0 Å². The fourth-order valence-electron chi connectivity index (χ4n) is 2.72. The lowest BCUT2D eigenvalue weighted by Gasteiger charge is -2.39. The number of nitrogens with one attached hydrogen (secondary N) is 1. The van der Waals surface area contributed by atoms with Gasteiger partial charge in [0.1, 0.15) is 11.4 Å². The van der Waals surface area contributed by atoms with E-state index in [9.17, 15) is 0 Å². The smallest absolute Gasteiger partial charge is 0.124 e. The van der Waals surface area contributed by atoms with Crippen molar-refractivity contribution in [2.75, 3.05) is 12.0 Å². The second-order valence-corrected chi connectivity index (χ2v) is 6.79. The van der Waals surface area contributed by atoms with E-state index in [1.807, 2.05) is 11.8 Å². The highest BCUT2D eigenvalue weighted by Gasteiger charge is 2.34. The molecular formula is C16H25NOS. The number of thioether (sulfide) groups is 1. The van der Waals surface area contributed by atoms with E-state index < -0.39 is 0 Å². The fourth-order valence-corrected chi connectivity index (χ4v) is 3.45. The Balaban J connectivity index is 2.19. The Labute approximate surface area is 121 Å². The van der Waals surface area contributed by atoms with E-state index in [4.69, 9.17) is 4.74 Å². The third-order valence-corrected chi connectivity index (χ3v) is 4.41. The normalized spacial score (nSPS) is 22.4. The maximum Gasteiger partial charge on any atom is 0.124 e. The van der Waals surface area contributed by atoms with Crippen molar-refractivity contribution >= 4 is 11.8 Å².